The minimum atomic E-state index is -0.918. The number of carbonyl (C=O) groups excluding carboxylic acids is 1. The Morgan fingerprint density at radius 2 is 1.87 bits per heavy atom. The van der Waals surface area contributed by atoms with Gasteiger partial charge in [-0.3, -0.25) is 4.79 Å². The fraction of sp³-hybridized carbons (Fsp3) is 0.278. The number of aliphatic hydroxyl groups is 1. The van der Waals surface area contributed by atoms with Gasteiger partial charge in [0.2, 0.25) is 0 Å². The maximum atomic E-state index is 12.9. The zero-order chi connectivity index (χ0) is 17.0. The highest BCUT2D eigenvalue weighted by atomic mass is 19.1. The Morgan fingerprint density at radius 1 is 1.22 bits per heavy atom. The topological polar surface area (TPSA) is 58.6 Å². The molecule has 0 heterocycles. The number of halogens is 1. The summed E-state index contributed by atoms with van der Waals surface area (Å²) in [5.74, 6) is 0.0313. The zero-order valence-electron chi connectivity index (χ0n) is 13.3. The maximum Gasteiger partial charge on any atom is 0.251 e. The van der Waals surface area contributed by atoms with E-state index in [0.717, 1.165) is 5.56 Å². The Morgan fingerprint density at radius 3 is 2.43 bits per heavy atom. The van der Waals surface area contributed by atoms with Gasteiger partial charge in [0.15, 0.2) is 0 Å². The van der Waals surface area contributed by atoms with Crippen molar-refractivity contribution in [3.8, 4) is 5.75 Å². The number of aliphatic hydroxyl groups excluding tert-OH is 1. The molecule has 2 N–H and O–H groups in total. The SMILES string of the molecule is COc1ccc(C(=O)NC(C)C(O)c2ccc(F)cc2)c(C)c1. The van der Waals surface area contributed by atoms with Crippen LogP contribution < -0.4 is 10.1 Å². The Bertz CT molecular complexity index is 685. The number of amides is 1. The molecule has 0 aliphatic rings. The normalized spacial score (nSPS) is 13.3. The summed E-state index contributed by atoms with van der Waals surface area (Å²) in [7, 11) is 1.57. The lowest BCUT2D eigenvalue weighted by atomic mass is 10.0. The largest absolute Gasteiger partial charge is 0.497 e. The van der Waals surface area contributed by atoms with Crippen molar-refractivity contribution in [2.45, 2.75) is 26.0 Å². The van der Waals surface area contributed by atoms with Gasteiger partial charge in [0.05, 0.1) is 19.3 Å². The van der Waals surface area contributed by atoms with Gasteiger partial charge in [-0.05, 0) is 55.3 Å². The first-order valence-electron chi connectivity index (χ1n) is 7.31. The molecule has 0 spiro atoms. The van der Waals surface area contributed by atoms with Gasteiger partial charge in [-0.2, -0.15) is 0 Å². The van der Waals surface area contributed by atoms with Crippen LogP contribution in [-0.4, -0.2) is 24.2 Å². The molecule has 0 aliphatic heterocycles. The third-order valence-corrected chi connectivity index (χ3v) is 3.72. The second kappa shape index (κ2) is 7.24. The fourth-order valence-electron chi connectivity index (χ4n) is 2.33. The van der Waals surface area contributed by atoms with Crippen LogP contribution in [0.1, 0.15) is 34.5 Å². The van der Waals surface area contributed by atoms with Crippen molar-refractivity contribution in [2.24, 2.45) is 0 Å². The van der Waals surface area contributed by atoms with E-state index in [-0.39, 0.29) is 11.7 Å². The first kappa shape index (κ1) is 17.0. The van der Waals surface area contributed by atoms with Crippen LogP contribution >= 0.6 is 0 Å². The number of hydrogen-bond acceptors (Lipinski definition) is 3. The quantitative estimate of drug-likeness (QED) is 0.891. The lowest BCUT2D eigenvalue weighted by molar-refractivity contribution is 0.0851. The highest BCUT2D eigenvalue weighted by Crippen LogP contribution is 2.20. The number of ether oxygens (including phenoxy) is 1. The molecule has 4 nitrogen and oxygen atoms in total. The summed E-state index contributed by atoms with van der Waals surface area (Å²) in [4.78, 5) is 12.3. The highest BCUT2D eigenvalue weighted by Gasteiger charge is 2.20. The molecule has 122 valence electrons. The molecule has 0 bridgehead atoms. The Balaban J connectivity index is 2.08. The van der Waals surface area contributed by atoms with Crippen molar-refractivity contribution < 1.29 is 19.0 Å². The Hall–Kier alpha value is -2.40. The predicted molar refractivity (Wildman–Crippen MR) is 86.0 cm³/mol. The second-order valence-corrected chi connectivity index (χ2v) is 5.44. The van der Waals surface area contributed by atoms with Crippen molar-refractivity contribution in [1.29, 1.82) is 0 Å². The van der Waals surface area contributed by atoms with Crippen LogP contribution in [0.4, 0.5) is 4.39 Å². The van der Waals surface area contributed by atoms with E-state index < -0.39 is 12.1 Å². The van der Waals surface area contributed by atoms with E-state index >= 15 is 0 Å². The van der Waals surface area contributed by atoms with E-state index in [1.165, 1.54) is 24.3 Å². The fourth-order valence-corrected chi connectivity index (χ4v) is 2.33. The smallest absolute Gasteiger partial charge is 0.251 e. The highest BCUT2D eigenvalue weighted by molar-refractivity contribution is 5.96. The molecule has 2 unspecified atom stereocenters. The van der Waals surface area contributed by atoms with E-state index in [0.29, 0.717) is 16.9 Å². The number of nitrogens with one attached hydrogen (secondary N) is 1. The van der Waals surface area contributed by atoms with Crippen LogP contribution in [-0.2, 0) is 0 Å². The Kier molecular flexibility index (Phi) is 5.34. The van der Waals surface area contributed by atoms with Crippen molar-refractivity contribution >= 4 is 5.91 Å². The average Bonchev–Trinajstić information content (AvgIpc) is 2.54. The molecule has 1 amide bonds. The Labute approximate surface area is 134 Å². The van der Waals surface area contributed by atoms with Crippen molar-refractivity contribution in [3.05, 3.63) is 65.0 Å². The molecule has 0 radical (unpaired) electrons. The average molecular weight is 317 g/mol. The minimum absolute atomic E-state index is 0.279. The molecule has 23 heavy (non-hydrogen) atoms. The zero-order valence-corrected chi connectivity index (χ0v) is 13.3. The maximum absolute atomic E-state index is 12.9. The van der Waals surface area contributed by atoms with Gasteiger partial charge in [-0.15, -0.1) is 0 Å². The molecule has 2 aromatic rings. The molecule has 0 saturated carbocycles. The molecular weight excluding hydrogens is 297 g/mol. The number of benzene rings is 2. The van der Waals surface area contributed by atoms with Gasteiger partial charge in [0.1, 0.15) is 11.6 Å². The van der Waals surface area contributed by atoms with Crippen molar-refractivity contribution in [2.75, 3.05) is 7.11 Å². The third-order valence-electron chi connectivity index (χ3n) is 3.72. The first-order chi connectivity index (χ1) is 10.9. The lowest BCUT2D eigenvalue weighted by Gasteiger charge is -2.21. The molecule has 2 aromatic carbocycles. The molecule has 2 atom stereocenters. The van der Waals surface area contributed by atoms with E-state index in [2.05, 4.69) is 5.32 Å². The summed E-state index contributed by atoms with van der Waals surface area (Å²) in [6, 6.07) is 10.2. The summed E-state index contributed by atoms with van der Waals surface area (Å²) in [6.07, 6.45) is -0.918. The number of rotatable bonds is 5. The van der Waals surface area contributed by atoms with E-state index in [1.54, 1.807) is 32.2 Å². The van der Waals surface area contributed by atoms with Crippen molar-refractivity contribution in [1.82, 2.24) is 5.32 Å². The van der Waals surface area contributed by atoms with E-state index in [1.807, 2.05) is 6.92 Å². The van der Waals surface area contributed by atoms with E-state index in [4.69, 9.17) is 4.74 Å². The summed E-state index contributed by atoms with van der Waals surface area (Å²) < 4.78 is 18.0. The monoisotopic (exact) mass is 317 g/mol. The summed E-state index contributed by atoms with van der Waals surface area (Å²) in [5.41, 5.74) is 1.85. The van der Waals surface area contributed by atoms with Crippen LogP contribution in [0.2, 0.25) is 0 Å². The van der Waals surface area contributed by atoms with Gasteiger partial charge in [0, 0.05) is 5.56 Å². The van der Waals surface area contributed by atoms with Gasteiger partial charge < -0.3 is 15.2 Å². The van der Waals surface area contributed by atoms with Gasteiger partial charge >= 0.3 is 0 Å². The molecule has 0 aromatic heterocycles. The molecule has 0 saturated heterocycles. The first-order valence-corrected chi connectivity index (χ1v) is 7.31. The van der Waals surface area contributed by atoms with Gasteiger partial charge in [0.25, 0.3) is 5.91 Å². The standard InChI is InChI=1S/C18H20FNO3/c1-11-10-15(23-3)8-9-16(11)18(22)20-12(2)17(21)13-4-6-14(19)7-5-13/h4-10,12,17,21H,1-3H3,(H,20,22). The van der Waals surface area contributed by atoms with Crippen LogP contribution in [0.5, 0.6) is 5.75 Å². The molecule has 0 aliphatic carbocycles. The molecule has 2 rings (SSSR count). The third kappa shape index (κ3) is 4.07. The summed E-state index contributed by atoms with van der Waals surface area (Å²) >= 11 is 0. The van der Waals surface area contributed by atoms with Crippen LogP contribution in [0, 0.1) is 12.7 Å². The summed E-state index contributed by atoms with van der Waals surface area (Å²) in [6.45, 7) is 3.52. The van der Waals surface area contributed by atoms with Crippen LogP contribution in [0.25, 0.3) is 0 Å². The molecule has 0 fully saturated rings. The molecule has 5 heteroatoms. The number of methoxy groups -OCH3 is 1. The predicted octanol–water partition coefficient (Wildman–Crippen LogP) is 2.99. The van der Waals surface area contributed by atoms with Crippen LogP contribution in [0.3, 0.4) is 0 Å². The van der Waals surface area contributed by atoms with Gasteiger partial charge in [-0.25, -0.2) is 4.39 Å². The number of hydrogen-bond donors (Lipinski definition) is 2. The van der Waals surface area contributed by atoms with Gasteiger partial charge in [-0.1, -0.05) is 12.1 Å². The number of aryl methyl sites for hydroxylation is 1. The summed E-state index contributed by atoms with van der Waals surface area (Å²) in [5, 5.41) is 13.0. The van der Waals surface area contributed by atoms with E-state index in [9.17, 15) is 14.3 Å². The lowest BCUT2D eigenvalue weighted by Crippen LogP contribution is -2.37. The van der Waals surface area contributed by atoms with Crippen molar-refractivity contribution in [3.63, 3.8) is 0 Å². The second-order valence-electron chi connectivity index (χ2n) is 5.44. The number of carbonyl (C=O) groups is 1. The minimum Gasteiger partial charge on any atom is -0.497 e. The molecular formula is C18H20FNO3. The van der Waals surface area contributed by atoms with Crippen LogP contribution in [0.15, 0.2) is 42.5 Å².